The minimum absolute atomic E-state index is 0.277. The van der Waals surface area contributed by atoms with E-state index >= 15 is 0 Å². The van der Waals surface area contributed by atoms with Crippen LogP contribution in [0.25, 0.3) is 0 Å². The van der Waals surface area contributed by atoms with Crippen LogP contribution >= 0.6 is 11.3 Å². The molecular formula is C16H26N6OS. The standard InChI is InChI=1S/C16H26N6OS/c1-5-17-16(18-8-6-13-10-24-12(4)20-13)19-9-7-14-21-15(11(2)3)22-23-14/h10-11H,5-9H2,1-4H3,(H2,17,18,19). The van der Waals surface area contributed by atoms with Crippen molar-refractivity contribution in [1.82, 2.24) is 25.8 Å². The molecule has 0 saturated heterocycles. The zero-order valence-corrected chi connectivity index (χ0v) is 15.6. The number of hydrogen-bond acceptors (Lipinski definition) is 6. The summed E-state index contributed by atoms with van der Waals surface area (Å²) in [5, 5.41) is 13.7. The van der Waals surface area contributed by atoms with E-state index in [1.54, 1.807) is 11.3 Å². The van der Waals surface area contributed by atoms with E-state index < -0.39 is 0 Å². The van der Waals surface area contributed by atoms with Crippen LogP contribution < -0.4 is 10.6 Å². The molecule has 7 nitrogen and oxygen atoms in total. The molecule has 132 valence electrons. The number of hydrogen-bond donors (Lipinski definition) is 2. The van der Waals surface area contributed by atoms with Crippen LogP contribution in [0.5, 0.6) is 0 Å². The Bertz CT molecular complexity index is 649. The molecule has 8 heteroatoms. The number of aliphatic imine (C=N–C) groups is 1. The second-order valence-electron chi connectivity index (χ2n) is 5.75. The summed E-state index contributed by atoms with van der Waals surface area (Å²) < 4.78 is 5.23. The summed E-state index contributed by atoms with van der Waals surface area (Å²) in [6.07, 6.45) is 1.53. The number of nitrogens with one attached hydrogen (secondary N) is 2. The van der Waals surface area contributed by atoms with Crippen LogP contribution in [0.4, 0.5) is 0 Å². The van der Waals surface area contributed by atoms with Crippen molar-refractivity contribution in [3.63, 3.8) is 0 Å². The van der Waals surface area contributed by atoms with Crippen LogP contribution in [0.15, 0.2) is 14.9 Å². The first-order valence-corrected chi connectivity index (χ1v) is 9.22. The van der Waals surface area contributed by atoms with E-state index in [1.807, 2.05) is 27.7 Å². The zero-order chi connectivity index (χ0) is 17.4. The summed E-state index contributed by atoms with van der Waals surface area (Å²) in [5.74, 6) is 2.46. The van der Waals surface area contributed by atoms with Gasteiger partial charge in [0, 0.05) is 37.2 Å². The summed E-state index contributed by atoms with van der Waals surface area (Å²) in [6, 6.07) is 0. The van der Waals surface area contributed by atoms with Crippen molar-refractivity contribution in [3.8, 4) is 0 Å². The van der Waals surface area contributed by atoms with Gasteiger partial charge in [-0.05, 0) is 13.8 Å². The maximum absolute atomic E-state index is 5.23. The third kappa shape index (κ3) is 5.92. The van der Waals surface area contributed by atoms with Gasteiger partial charge in [-0.2, -0.15) is 4.98 Å². The first kappa shape index (κ1) is 18.4. The summed E-state index contributed by atoms with van der Waals surface area (Å²) in [6.45, 7) is 10.4. The monoisotopic (exact) mass is 350 g/mol. The number of nitrogens with zero attached hydrogens (tertiary/aromatic N) is 4. The molecule has 0 saturated carbocycles. The summed E-state index contributed by atoms with van der Waals surface area (Å²) in [7, 11) is 0. The van der Waals surface area contributed by atoms with E-state index in [-0.39, 0.29) is 5.92 Å². The fourth-order valence-corrected chi connectivity index (χ4v) is 2.69. The van der Waals surface area contributed by atoms with Crippen molar-refractivity contribution >= 4 is 17.3 Å². The first-order valence-electron chi connectivity index (χ1n) is 8.34. The molecule has 24 heavy (non-hydrogen) atoms. The van der Waals surface area contributed by atoms with Crippen molar-refractivity contribution in [1.29, 1.82) is 0 Å². The second-order valence-corrected chi connectivity index (χ2v) is 6.81. The lowest BCUT2D eigenvalue weighted by molar-refractivity contribution is 0.372. The smallest absolute Gasteiger partial charge is 0.228 e. The fraction of sp³-hybridized carbons (Fsp3) is 0.625. The van der Waals surface area contributed by atoms with Gasteiger partial charge in [0.2, 0.25) is 5.89 Å². The maximum Gasteiger partial charge on any atom is 0.228 e. The molecule has 2 N–H and O–H groups in total. The molecule has 0 fully saturated rings. The first-order chi connectivity index (χ1) is 11.6. The summed E-state index contributed by atoms with van der Waals surface area (Å²) in [4.78, 5) is 13.4. The van der Waals surface area contributed by atoms with Crippen LogP contribution in [0.2, 0.25) is 0 Å². The van der Waals surface area contributed by atoms with Crippen LogP contribution in [0, 0.1) is 6.92 Å². The maximum atomic E-state index is 5.23. The van der Waals surface area contributed by atoms with Gasteiger partial charge >= 0.3 is 0 Å². The van der Waals surface area contributed by atoms with Gasteiger partial charge in [-0.1, -0.05) is 19.0 Å². The molecule has 2 heterocycles. The van der Waals surface area contributed by atoms with E-state index in [0.29, 0.717) is 18.9 Å². The van der Waals surface area contributed by atoms with Gasteiger partial charge in [0.05, 0.1) is 17.2 Å². The number of aromatic nitrogens is 3. The lowest BCUT2D eigenvalue weighted by atomic mass is 10.2. The van der Waals surface area contributed by atoms with Gasteiger partial charge in [-0.3, -0.25) is 4.99 Å². The van der Waals surface area contributed by atoms with E-state index in [4.69, 9.17) is 4.52 Å². The molecule has 0 aliphatic heterocycles. The Morgan fingerprint density at radius 3 is 2.75 bits per heavy atom. The molecule has 0 aliphatic rings. The molecule has 0 aliphatic carbocycles. The normalized spacial score (nSPS) is 12.0. The van der Waals surface area contributed by atoms with Gasteiger partial charge in [0.15, 0.2) is 11.8 Å². The highest BCUT2D eigenvalue weighted by Gasteiger charge is 2.09. The molecule has 0 spiro atoms. The fourth-order valence-electron chi connectivity index (χ4n) is 2.04. The van der Waals surface area contributed by atoms with Crippen LogP contribution in [0.3, 0.4) is 0 Å². The molecule has 0 atom stereocenters. The predicted octanol–water partition coefficient (Wildman–Crippen LogP) is 2.30. The Hall–Kier alpha value is -1.96. The minimum atomic E-state index is 0.277. The summed E-state index contributed by atoms with van der Waals surface area (Å²) >= 11 is 1.68. The molecule has 0 amide bonds. The Balaban J connectivity index is 1.78. The summed E-state index contributed by atoms with van der Waals surface area (Å²) in [5.41, 5.74) is 1.12. The average molecular weight is 350 g/mol. The van der Waals surface area contributed by atoms with E-state index in [9.17, 15) is 0 Å². The topological polar surface area (TPSA) is 88.2 Å². The Morgan fingerprint density at radius 1 is 1.29 bits per heavy atom. The molecule has 2 rings (SSSR count). The average Bonchev–Trinajstić information content (AvgIpc) is 3.16. The third-order valence-electron chi connectivity index (χ3n) is 3.28. The van der Waals surface area contributed by atoms with Crippen molar-refractivity contribution in [2.24, 2.45) is 4.99 Å². The highest BCUT2D eigenvalue weighted by atomic mass is 32.1. The molecule has 0 unspecified atom stereocenters. The largest absolute Gasteiger partial charge is 0.357 e. The van der Waals surface area contributed by atoms with E-state index in [1.165, 1.54) is 0 Å². The predicted molar refractivity (Wildman–Crippen MR) is 96.6 cm³/mol. The van der Waals surface area contributed by atoms with Gasteiger partial charge in [0.1, 0.15) is 0 Å². The van der Waals surface area contributed by atoms with Gasteiger partial charge in [0.25, 0.3) is 0 Å². The lowest BCUT2D eigenvalue weighted by Gasteiger charge is -2.10. The molecule has 2 aromatic rings. The quantitative estimate of drug-likeness (QED) is 0.561. The van der Waals surface area contributed by atoms with Crippen LogP contribution in [-0.4, -0.2) is 40.7 Å². The highest BCUT2D eigenvalue weighted by molar-refractivity contribution is 7.09. The van der Waals surface area contributed by atoms with Crippen LogP contribution in [-0.2, 0) is 12.8 Å². The van der Waals surface area contributed by atoms with Crippen molar-refractivity contribution in [2.45, 2.75) is 46.5 Å². The molecule has 0 bridgehead atoms. The second kappa shape index (κ2) is 9.36. The highest BCUT2D eigenvalue weighted by Crippen LogP contribution is 2.10. The Labute approximate surface area is 147 Å². The SMILES string of the molecule is CCNC(=NCCc1nc(C(C)C)no1)NCCc1csc(C)n1. The van der Waals surface area contributed by atoms with Crippen molar-refractivity contribution in [2.75, 3.05) is 19.6 Å². The molecule has 0 radical (unpaired) electrons. The number of thiazole rings is 1. The number of rotatable bonds is 8. The molecule has 0 aromatic carbocycles. The van der Waals surface area contributed by atoms with Crippen molar-refractivity contribution in [3.05, 3.63) is 27.8 Å². The van der Waals surface area contributed by atoms with Gasteiger partial charge < -0.3 is 15.2 Å². The number of guanidine groups is 1. The molecule has 2 aromatic heterocycles. The Morgan fingerprint density at radius 2 is 2.12 bits per heavy atom. The van der Waals surface area contributed by atoms with Gasteiger partial charge in [-0.15, -0.1) is 11.3 Å². The van der Waals surface area contributed by atoms with Crippen molar-refractivity contribution < 1.29 is 4.52 Å². The molecular weight excluding hydrogens is 324 g/mol. The lowest BCUT2D eigenvalue weighted by Crippen LogP contribution is -2.38. The van der Waals surface area contributed by atoms with E-state index in [0.717, 1.165) is 42.0 Å². The number of aryl methyl sites for hydroxylation is 1. The Kier molecular flexibility index (Phi) is 7.17. The third-order valence-corrected chi connectivity index (χ3v) is 4.10. The van der Waals surface area contributed by atoms with Gasteiger partial charge in [-0.25, -0.2) is 4.98 Å². The zero-order valence-electron chi connectivity index (χ0n) is 14.8. The minimum Gasteiger partial charge on any atom is -0.357 e. The van der Waals surface area contributed by atoms with Crippen LogP contribution in [0.1, 0.15) is 49.1 Å². The van der Waals surface area contributed by atoms with E-state index in [2.05, 4.69) is 36.1 Å².